The molecule has 3 N–H and O–H groups in total. The van der Waals surface area contributed by atoms with E-state index in [-0.39, 0.29) is 30.3 Å². The molecule has 5 nitrogen and oxygen atoms in total. The van der Waals surface area contributed by atoms with Gasteiger partial charge in [-0.05, 0) is 18.9 Å². The van der Waals surface area contributed by atoms with Gasteiger partial charge in [-0.2, -0.15) is 0 Å². The summed E-state index contributed by atoms with van der Waals surface area (Å²) in [6, 6.07) is 9.27. The number of piperidine rings is 1. The van der Waals surface area contributed by atoms with E-state index >= 15 is 0 Å². The fraction of sp³-hybridized carbons (Fsp3) is 0.467. The number of hydrogen-bond donors (Lipinski definition) is 2. The van der Waals surface area contributed by atoms with Gasteiger partial charge >= 0.3 is 0 Å². The summed E-state index contributed by atoms with van der Waals surface area (Å²) in [6.45, 7) is 2.24. The Labute approximate surface area is 131 Å². The summed E-state index contributed by atoms with van der Waals surface area (Å²) >= 11 is 0. The maximum absolute atomic E-state index is 12.4. The molecule has 6 heteroatoms. The molecule has 0 radical (unpaired) electrons. The van der Waals surface area contributed by atoms with Crippen molar-refractivity contribution in [3.8, 4) is 0 Å². The van der Waals surface area contributed by atoms with Gasteiger partial charge in [0, 0.05) is 26.1 Å². The van der Waals surface area contributed by atoms with E-state index in [0.717, 1.165) is 5.56 Å². The number of carbonyl (C=O) groups excluding carboxylic acids is 2. The predicted octanol–water partition coefficient (Wildman–Crippen LogP) is 1.02. The number of nitrogens with zero attached hydrogens (tertiary/aromatic N) is 1. The third kappa shape index (κ3) is 3.95. The zero-order chi connectivity index (χ0) is 14.8. The van der Waals surface area contributed by atoms with Crippen LogP contribution in [0, 0.1) is 0 Å². The monoisotopic (exact) mass is 311 g/mol. The Kier molecular flexibility index (Phi) is 5.75. The number of likely N-dealkylation sites (N-methyl/N-ethyl adjacent to an activating group) is 1. The lowest BCUT2D eigenvalue weighted by Gasteiger charge is -2.33. The third-order valence-corrected chi connectivity index (χ3v) is 3.81. The quantitative estimate of drug-likeness (QED) is 0.875. The average molecular weight is 312 g/mol. The van der Waals surface area contributed by atoms with Gasteiger partial charge in [0.1, 0.15) is 5.54 Å². The van der Waals surface area contributed by atoms with Crippen LogP contribution < -0.4 is 11.1 Å². The van der Waals surface area contributed by atoms with E-state index in [1.54, 1.807) is 18.9 Å². The predicted molar refractivity (Wildman–Crippen MR) is 84.0 cm³/mol. The van der Waals surface area contributed by atoms with Crippen LogP contribution in [0.15, 0.2) is 30.3 Å². The lowest BCUT2D eigenvalue weighted by Crippen LogP contribution is -2.55. The van der Waals surface area contributed by atoms with E-state index in [1.165, 1.54) is 0 Å². The van der Waals surface area contributed by atoms with Crippen LogP contribution in [0.2, 0.25) is 0 Å². The summed E-state index contributed by atoms with van der Waals surface area (Å²) in [5.41, 5.74) is 5.88. The minimum absolute atomic E-state index is 0. The van der Waals surface area contributed by atoms with Crippen LogP contribution in [0.25, 0.3) is 0 Å². The number of carbonyl (C=O) groups is 2. The van der Waals surface area contributed by atoms with Crippen LogP contribution in [-0.2, 0) is 15.1 Å². The molecular weight excluding hydrogens is 290 g/mol. The summed E-state index contributed by atoms with van der Waals surface area (Å²) in [7, 11) is 1.75. The molecule has 2 unspecified atom stereocenters. The molecule has 2 rings (SSSR count). The largest absolute Gasteiger partial charge is 0.350 e. The maximum atomic E-state index is 12.4. The number of nitrogens with one attached hydrogen (secondary N) is 1. The molecule has 1 heterocycles. The molecule has 1 saturated heterocycles. The number of hydrogen-bond acceptors (Lipinski definition) is 3. The van der Waals surface area contributed by atoms with Crippen molar-refractivity contribution in [2.75, 3.05) is 13.6 Å². The molecule has 2 atom stereocenters. The first kappa shape index (κ1) is 17.5. The Balaban J connectivity index is 0.00000220. The molecule has 1 fully saturated rings. The smallest absolute Gasteiger partial charge is 0.244 e. The number of nitrogens with two attached hydrogens (primary N) is 1. The van der Waals surface area contributed by atoms with Crippen molar-refractivity contribution in [2.45, 2.75) is 31.3 Å². The molecule has 1 aliphatic heterocycles. The molecule has 1 aromatic carbocycles. The van der Waals surface area contributed by atoms with Gasteiger partial charge < -0.3 is 16.0 Å². The van der Waals surface area contributed by atoms with Gasteiger partial charge in [-0.15, -0.1) is 12.4 Å². The minimum Gasteiger partial charge on any atom is -0.350 e. The molecule has 0 bridgehead atoms. The molecular formula is C15H22ClN3O2. The fourth-order valence-corrected chi connectivity index (χ4v) is 2.38. The molecule has 1 aliphatic rings. The Morgan fingerprint density at radius 1 is 1.38 bits per heavy atom. The van der Waals surface area contributed by atoms with Gasteiger partial charge in [-0.25, -0.2) is 0 Å². The zero-order valence-corrected chi connectivity index (χ0v) is 13.2. The second-order valence-corrected chi connectivity index (χ2v) is 5.55. The molecule has 0 spiro atoms. The van der Waals surface area contributed by atoms with Crippen molar-refractivity contribution in [3.63, 3.8) is 0 Å². The highest BCUT2D eigenvalue weighted by Crippen LogP contribution is 2.19. The van der Waals surface area contributed by atoms with Crippen LogP contribution in [0.5, 0.6) is 0 Å². The standard InChI is InChI=1S/C15H21N3O2.ClH/c1-15(16,11-6-4-3-5-7-11)14(20)17-12-8-9-13(19)18(2)10-12;/h3-7,12H,8-10,16H2,1-2H3,(H,17,20);1H. The highest BCUT2D eigenvalue weighted by molar-refractivity contribution is 5.87. The lowest BCUT2D eigenvalue weighted by atomic mass is 9.91. The molecule has 21 heavy (non-hydrogen) atoms. The Morgan fingerprint density at radius 2 is 2.00 bits per heavy atom. The Hall–Kier alpha value is -1.59. The van der Waals surface area contributed by atoms with Crippen molar-refractivity contribution in [1.29, 1.82) is 0 Å². The van der Waals surface area contributed by atoms with Gasteiger partial charge in [-0.3, -0.25) is 9.59 Å². The first-order valence-corrected chi connectivity index (χ1v) is 6.80. The van der Waals surface area contributed by atoms with E-state index in [4.69, 9.17) is 5.73 Å². The van der Waals surface area contributed by atoms with Crippen molar-refractivity contribution in [1.82, 2.24) is 10.2 Å². The normalized spacial score (nSPS) is 21.2. The number of benzene rings is 1. The van der Waals surface area contributed by atoms with Crippen molar-refractivity contribution in [2.24, 2.45) is 5.73 Å². The zero-order valence-electron chi connectivity index (χ0n) is 12.3. The summed E-state index contributed by atoms with van der Waals surface area (Å²) in [4.78, 5) is 25.5. The van der Waals surface area contributed by atoms with E-state index < -0.39 is 5.54 Å². The first-order valence-electron chi connectivity index (χ1n) is 6.80. The topological polar surface area (TPSA) is 75.4 Å². The molecule has 0 aliphatic carbocycles. The van der Waals surface area contributed by atoms with Gasteiger partial charge in [0.25, 0.3) is 0 Å². The molecule has 0 aromatic heterocycles. The number of likely N-dealkylation sites (tertiary alicyclic amines) is 1. The molecule has 1 aromatic rings. The van der Waals surface area contributed by atoms with E-state index in [9.17, 15) is 9.59 Å². The van der Waals surface area contributed by atoms with Gasteiger partial charge in [0.15, 0.2) is 0 Å². The van der Waals surface area contributed by atoms with Gasteiger partial charge in [-0.1, -0.05) is 30.3 Å². The minimum atomic E-state index is -1.07. The Bertz CT molecular complexity index is 505. The number of amides is 2. The average Bonchev–Trinajstić information content (AvgIpc) is 2.44. The Morgan fingerprint density at radius 3 is 2.57 bits per heavy atom. The summed E-state index contributed by atoms with van der Waals surface area (Å²) in [5, 5.41) is 2.95. The fourth-order valence-electron chi connectivity index (χ4n) is 2.38. The van der Waals surface area contributed by atoms with Crippen LogP contribution in [0.1, 0.15) is 25.3 Å². The second-order valence-electron chi connectivity index (χ2n) is 5.55. The highest BCUT2D eigenvalue weighted by atomic mass is 35.5. The van der Waals surface area contributed by atoms with Gasteiger partial charge in [0.2, 0.25) is 11.8 Å². The van der Waals surface area contributed by atoms with Gasteiger partial charge in [0.05, 0.1) is 0 Å². The van der Waals surface area contributed by atoms with E-state index in [0.29, 0.717) is 19.4 Å². The molecule has 116 valence electrons. The number of halogens is 1. The summed E-state index contributed by atoms with van der Waals surface area (Å²) in [6.07, 6.45) is 1.13. The van der Waals surface area contributed by atoms with Crippen molar-refractivity contribution >= 4 is 24.2 Å². The second kappa shape index (κ2) is 6.91. The third-order valence-electron chi connectivity index (χ3n) is 3.81. The highest BCUT2D eigenvalue weighted by Gasteiger charge is 2.33. The summed E-state index contributed by atoms with van der Waals surface area (Å²) < 4.78 is 0. The lowest BCUT2D eigenvalue weighted by molar-refractivity contribution is -0.134. The SMILES string of the molecule is CN1CC(NC(=O)C(C)(N)c2ccccc2)CCC1=O.Cl. The molecule has 0 saturated carbocycles. The summed E-state index contributed by atoms with van der Waals surface area (Å²) in [5.74, 6) is -0.0921. The maximum Gasteiger partial charge on any atom is 0.244 e. The van der Waals surface area contributed by atoms with Crippen LogP contribution in [0.3, 0.4) is 0 Å². The van der Waals surface area contributed by atoms with Crippen LogP contribution >= 0.6 is 12.4 Å². The van der Waals surface area contributed by atoms with Crippen LogP contribution in [-0.4, -0.2) is 36.3 Å². The van der Waals surface area contributed by atoms with Crippen molar-refractivity contribution < 1.29 is 9.59 Å². The first-order chi connectivity index (χ1) is 9.41. The van der Waals surface area contributed by atoms with E-state index in [1.807, 2.05) is 30.3 Å². The van der Waals surface area contributed by atoms with E-state index in [2.05, 4.69) is 5.32 Å². The van der Waals surface area contributed by atoms with Crippen molar-refractivity contribution in [3.05, 3.63) is 35.9 Å². The number of rotatable bonds is 3. The van der Waals surface area contributed by atoms with Crippen LogP contribution in [0.4, 0.5) is 0 Å². The molecule has 2 amide bonds.